The lowest BCUT2D eigenvalue weighted by Gasteiger charge is -2.04. The predicted octanol–water partition coefficient (Wildman–Crippen LogP) is 3.49. The van der Waals surface area contributed by atoms with Gasteiger partial charge in [0.2, 0.25) is 0 Å². The number of azo groups is 1. The summed E-state index contributed by atoms with van der Waals surface area (Å²) < 4.78 is 83.9. The molecule has 0 radical (unpaired) electrons. The molecule has 0 unspecified atom stereocenters. The molecule has 0 bridgehead atoms. The van der Waals surface area contributed by atoms with E-state index in [1.54, 1.807) is 0 Å². The van der Waals surface area contributed by atoms with Crippen molar-refractivity contribution in [2.24, 2.45) is 10.2 Å². The number of anilines is 1. The lowest BCUT2D eigenvalue weighted by molar-refractivity contribution is 0.462. The van der Waals surface area contributed by atoms with Crippen LogP contribution in [0.15, 0.2) is 39.4 Å². The van der Waals surface area contributed by atoms with Crippen LogP contribution in [0.5, 0.6) is 0 Å². The van der Waals surface area contributed by atoms with E-state index in [-0.39, 0.29) is 5.69 Å². The number of hydrogen-bond donors (Lipinski definition) is 2. The Hall–Kier alpha value is -2.53. The van der Waals surface area contributed by atoms with Gasteiger partial charge >= 0.3 is 0 Å². The van der Waals surface area contributed by atoms with Crippen LogP contribution in [0.4, 0.5) is 34.6 Å². The summed E-state index contributed by atoms with van der Waals surface area (Å²) in [6, 6.07) is 3.99. The number of rotatable bonds is 3. The number of nitrogen functional groups attached to an aromatic ring is 1. The van der Waals surface area contributed by atoms with Crippen molar-refractivity contribution in [2.45, 2.75) is 4.90 Å². The van der Waals surface area contributed by atoms with E-state index >= 15 is 0 Å². The van der Waals surface area contributed by atoms with Crippen molar-refractivity contribution in [3.63, 3.8) is 0 Å². The first-order chi connectivity index (χ1) is 10.6. The second-order valence-corrected chi connectivity index (χ2v) is 5.61. The van der Waals surface area contributed by atoms with Gasteiger partial charge in [-0.3, -0.25) is 4.55 Å². The van der Waals surface area contributed by atoms with E-state index in [0.717, 1.165) is 24.3 Å². The Bertz CT molecular complexity index is 870. The van der Waals surface area contributed by atoms with Gasteiger partial charge in [0, 0.05) is 0 Å². The standard InChI is InChI=1S/C12H7F4N3O3S/c13-7-9(15)12(10(16)8(14)11(7)17)19-18-5-1-3-6(4-2-5)23(20,21)22/h1-4H,17H2,(H,20,21,22). The molecule has 11 heteroatoms. The Labute approximate surface area is 127 Å². The second-order valence-electron chi connectivity index (χ2n) is 4.19. The first kappa shape index (κ1) is 16.8. The van der Waals surface area contributed by atoms with Crippen LogP contribution < -0.4 is 5.73 Å². The summed E-state index contributed by atoms with van der Waals surface area (Å²) in [5.74, 6) is -7.25. The van der Waals surface area contributed by atoms with Crippen LogP contribution >= 0.6 is 0 Å². The molecule has 0 saturated heterocycles. The van der Waals surface area contributed by atoms with Crippen LogP contribution in [0.3, 0.4) is 0 Å². The molecule has 2 aromatic carbocycles. The average molecular weight is 349 g/mol. The molecule has 0 aromatic heterocycles. The summed E-state index contributed by atoms with van der Waals surface area (Å²) in [6.45, 7) is 0. The van der Waals surface area contributed by atoms with E-state index in [1.165, 1.54) is 0 Å². The van der Waals surface area contributed by atoms with Gasteiger partial charge in [0.1, 0.15) is 5.69 Å². The highest BCUT2D eigenvalue weighted by molar-refractivity contribution is 7.85. The lowest BCUT2D eigenvalue weighted by Crippen LogP contribution is -2.02. The second kappa shape index (κ2) is 5.93. The van der Waals surface area contributed by atoms with Crippen LogP contribution in [0, 0.1) is 23.3 Å². The number of nitrogens with zero attached hydrogens (tertiary/aromatic N) is 2. The number of hydrogen-bond acceptors (Lipinski definition) is 5. The van der Waals surface area contributed by atoms with Crippen LogP contribution in [0.25, 0.3) is 0 Å². The van der Waals surface area contributed by atoms with E-state index < -0.39 is 49.7 Å². The minimum absolute atomic E-state index is 0.0890. The minimum Gasteiger partial charge on any atom is -0.394 e. The molecule has 0 saturated carbocycles. The molecule has 0 spiro atoms. The van der Waals surface area contributed by atoms with E-state index in [1.807, 2.05) is 0 Å². The van der Waals surface area contributed by atoms with Gasteiger partial charge in [-0.15, -0.1) is 5.11 Å². The van der Waals surface area contributed by atoms with Crippen molar-refractivity contribution in [3.05, 3.63) is 47.5 Å². The van der Waals surface area contributed by atoms with Gasteiger partial charge in [-0.05, 0) is 24.3 Å². The van der Waals surface area contributed by atoms with Gasteiger partial charge in [0.05, 0.1) is 10.6 Å². The topological polar surface area (TPSA) is 105 Å². The van der Waals surface area contributed by atoms with Crippen LogP contribution in [0.2, 0.25) is 0 Å². The Kier molecular flexibility index (Phi) is 4.34. The molecular formula is C12H7F4N3O3S. The summed E-state index contributed by atoms with van der Waals surface area (Å²) >= 11 is 0. The van der Waals surface area contributed by atoms with Crippen molar-refractivity contribution in [3.8, 4) is 0 Å². The molecule has 0 aliphatic rings. The third-order valence-electron chi connectivity index (χ3n) is 2.67. The van der Waals surface area contributed by atoms with Gasteiger partial charge in [-0.25, -0.2) is 17.6 Å². The maximum absolute atomic E-state index is 13.5. The normalized spacial score (nSPS) is 12.0. The lowest BCUT2D eigenvalue weighted by atomic mass is 10.2. The smallest absolute Gasteiger partial charge is 0.294 e. The summed E-state index contributed by atoms with van der Waals surface area (Å²) in [4.78, 5) is -0.446. The molecule has 0 atom stereocenters. The molecule has 6 nitrogen and oxygen atoms in total. The van der Waals surface area contributed by atoms with E-state index in [9.17, 15) is 26.0 Å². The quantitative estimate of drug-likeness (QED) is 0.291. The van der Waals surface area contributed by atoms with Crippen molar-refractivity contribution < 1.29 is 30.5 Å². The molecule has 2 aromatic rings. The highest BCUT2D eigenvalue weighted by Gasteiger charge is 2.23. The largest absolute Gasteiger partial charge is 0.394 e. The summed E-state index contributed by atoms with van der Waals surface area (Å²) in [5.41, 5.74) is 2.10. The van der Waals surface area contributed by atoms with Crippen molar-refractivity contribution in [2.75, 3.05) is 5.73 Å². The molecule has 0 aliphatic heterocycles. The summed E-state index contributed by atoms with van der Waals surface area (Å²) in [6.07, 6.45) is 0. The van der Waals surface area contributed by atoms with E-state index in [0.29, 0.717) is 0 Å². The van der Waals surface area contributed by atoms with E-state index in [2.05, 4.69) is 10.2 Å². The first-order valence-electron chi connectivity index (χ1n) is 5.73. The summed E-state index contributed by atoms with van der Waals surface area (Å²) in [5, 5.41) is 6.39. The SMILES string of the molecule is Nc1c(F)c(F)c(N=Nc2ccc(S(=O)(=O)O)cc2)c(F)c1F. The Morgan fingerprint density at radius 3 is 1.78 bits per heavy atom. The third kappa shape index (κ3) is 3.29. The van der Waals surface area contributed by atoms with Crippen molar-refractivity contribution in [1.29, 1.82) is 0 Å². The fraction of sp³-hybridized carbons (Fsp3) is 0. The summed E-state index contributed by atoms with van der Waals surface area (Å²) in [7, 11) is -4.42. The molecule has 0 aliphatic carbocycles. The molecule has 0 amide bonds. The molecule has 0 fully saturated rings. The Morgan fingerprint density at radius 2 is 1.35 bits per heavy atom. The zero-order chi connectivity index (χ0) is 17.4. The zero-order valence-electron chi connectivity index (χ0n) is 11.0. The van der Waals surface area contributed by atoms with Crippen LogP contribution in [-0.2, 0) is 10.1 Å². The predicted molar refractivity (Wildman–Crippen MR) is 71.1 cm³/mol. The van der Waals surface area contributed by atoms with Gasteiger partial charge in [0.15, 0.2) is 29.0 Å². The third-order valence-corrected chi connectivity index (χ3v) is 3.54. The maximum Gasteiger partial charge on any atom is 0.294 e. The van der Waals surface area contributed by atoms with Gasteiger partial charge in [-0.1, -0.05) is 0 Å². The zero-order valence-corrected chi connectivity index (χ0v) is 11.8. The fourth-order valence-corrected chi connectivity index (χ4v) is 2.00. The fourth-order valence-electron chi connectivity index (χ4n) is 1.52. The highest BCUT2D eigenvalue weighted by Crippen LogP contribution is 2.32. The van der Waals surface area contributed by atoms with Crippen LogP contribution in [0.1, 0.15) is 0 Å². The number of halogens is 4. The maximum atomic E-state index is 13.5. The highest BCUT2D eigenvalue weighted by atomic mass is 32.2. The average Bonchev–Trinajstić information content (AvgIpc) is 2.50. The van der Waals surface area contributed by atoms with Gasteiger partial charge in [0.25, 0.3) is 10.1 Å². The van der Waals surface area contributed by atoms with Crippen molar-refractivity contribution >= 4 is 27.2 Å². The molecular weight excluding hydrogens is 342 g/mol. The number of benzene rings is 2. The molecule has 122 valence electrons. The van der Waals surface area contributed by atoms with Gasteiger partial charge in [-0.2, -0.15) is 13.5 Å². The van der Waals surface area contributed by atoms with Gasteiger partial charge < -0.3 is 5.73 Å². The monoisotopic (exact) mass is 349 g/mol. The molecule has 3 N–H and O–H groups in total. The minimum atomic E-state index is -4.42. The number of nitrogens with two attached hydrogens (primary N) is 1. The van der Waals surface area contributed by atoms with Crippen molar-refractivity contribution in [1.82, 2.24) is 0 Å². The van der Waals surface area contributed by atoms with E-state index in [4.69, 9.17) is 10.3 Å². The molecule has 23 heavy (non-hydrogen) atoms. The molecule has 0 heterocycles. The molecule has 2 rings (SSSR count). The first-order valence-corrected chi connectivity index (χ1v) is 7.17. The Morgan fingerprint density at radius 1 is 0.870 bits per heavy atom. The Balaban J connectivity index is 2.42. The van der Waals surface area contributed by atoms with Crippen LogP contribution in [-0.4, -0.2) is 13.0 Å².